The molecule has 3 aromatic rings. The van der Waals surface area contributed by atoms with E-state index in [0.717, 1.165) is 35.2 Å². The lowest BCUT2D eigenvalue weighted by atomic mass is 9.94. The first-order chi connectivity index (χ1) is 14.3. The number of aryl methyl sites for hydroxylation is 1. The zero-order chi connectivity index (χ0) is 21.6. The van der Waals surface area contributed by atoms with E-state index in [4.69, 9.17) is 5.73 Å². The Bertz CT molecular complexity index is 1100. The highest BCUT2D eigenvalue weighted by atomic mass is 19.1. The molecule has 6 nitrogen and oxygen atoms in total. The van der Waals surface area contributed by atoms with Crippen molar-refractivity contribution in [3.05, 3.63) is 47.9 Å². The number of rotatable bonds is 5. The zero-order valence-corrected chi connectivity index (χ0v) is 17.9. The Morgan fingerprint density at radius 3 is 2.63 bits per heavy atom. The largest absolute Gasteiger partial charge is 0.368 e. The van der Waals surface area contributed by atoms with Crippen LogP contribution in [0.15, 0.2) is 36.5 Å². The third-order valence-corrected chi connectivity index (χ3v) is 5.85. The monoisotopic (exact) mass is 409 g/mol. The van der Waals surface area contributed by atoms with Crippen LogP contribution in [0.25, 0.3) is 22.0 Å². The number of halogens is 1. The molecule has 2 aromatic carbocycles. The number of aromatic nitrogens is 2. The maximum Gasteiger partial charge on any atom is 0.254 e. The molecule has 0 saturated carbocycles. The summed E-state index contributed by atoms with van der Waals surface area (Å²) in [7, 11) is 1.89. The molecule has 1 aromatic heterocycles. The van der Waals surface area contributed by atoms with E-state index in [1.807, 2.05) is 32.5 Å². The Morgan fingerprint density at radius 1 is 1.27 bits per heavy atom. The number of carbonyl (C=O) groups excluding carboxylic acids is 1. The molecule has 2 N–H and O–H groups in total. The predicted octanol–water partition coefficient (Wildman–Crippen LogP) is 3.40. The van der Waals surface area contributed by atoms with Crippen molar-refractivity contribution in [2.75, 3.05) is 24.5 Å². The van der Waals surface area contributed by atoms with Crippen LogP contribution in [0.1, 0.15) is 31.1 Å². The van der Waals surface area contributed by atoms with Crippen molar-refractivity contribution in [1.29, 1.82) is 0 Å². The minimum Gasteiger partial charge on any atom is -0.368 e. The van der Waals surface area contributed by atoms with Crippen molar-refractivity contribution < 1.29 is 9.18 Å². The number of nitrogens with two attached hydrogens (primary N) is 1. The first kappa shape index (κ1) is 20.3. The Balaban J connectivity index is 1.91. The topological polar surface area (TPSA) is 67.4 Å². The van der Waals surface area contributed by atoms with E-state index in [-0.39, 0.29) is 18.0 Å². The first-order valence-corrected chi connectivity index (χ1v) is 10.4. The second-order valence-electron chi connectivity index (χ2n) is 8.23. The van der Waals surface area contributed by atoms with Gasteiger partial charge in [-0.1, -0.05) is 6.07 Å². The van der Waals surface area contributed by atoms with Gasteiger partial charge in [0.2, 0.25) is 0 Å². The highest BCUT2D eigenvalue weighted by Crippen LogP contribution is 2.37. The summed E-state index contributed by atoms with van der Waals surface area (Å²) in [6.07, 6.45) is 1.80. The van der Waals surface area contributed by atoms with Gasteiger partial charge in [-0.15, -0.1) is 0 Å². The van der Waals surface area contributed by atoms with E-state index in [0.29, 0.717) is 17.7 Å². The Hall–Kier alpha value is -2.93. The molecule has 0 atom stereocenters. The molecular weight excluding hydrogens is 381 g/mol. The van der Waals surface area contributed by atoms with Gasteiger partial charge in [0, 0.05) is 49.8 Å². The molecule has 0 spiro atoms. The molecule has 158 valence electrons. The molecule has 4 rings (SSSR count). The summed E-state index contributed by atoms with van der Waals surface area (Å²) < 4.78 is 16.0. The van der Waals surface area contributed by atoms with Crippen LogP contribution >= 0.6 is 0 Å². The maximum absolute atomic E-state index is 14.2. The molecule has 1 amide bonds. The van der Waals surface area contributed by atoms with Crippen molar-refractivity contribution in [2.24, 2.45) is 12.8 Å². The van der Waals surface area contributed by atoms with Crippen molar-refractivity contribution in [1.82, 2.24) is 14.7 Å². The fourth-order valence-corrected chi connectivity index (χ4v) is 4.19. The van der Waals surface area contributed by atoms with Gasteiger partial charge >= 0.3 is 0 Å². The van der Waals surface area contributed by atoms with Crippen molar-refractivity contribution in [3.63, 3.8) is 0 Å². The second kappa shape index (κ2) is 7.72. The van der Waals surface area contributed by atoms with Gasteiger partial charge in [-0.05, 0) is 56.2 Å². The molecule has 1 aliphatic rings. The van der Waals surface area contributed by atoms with Gasteiger partial charge < -0.3 is 15.5 Å². The molecule has 7 heteroatoms. The number of hydrogen-bond donors (Lipinski definition) is 1. The summed E-state index contributed by atoms with van der Waals surface area (Å²) in [5.41, 5.74) is 9.93. The third kappa shape index (κ3) is 3.43. The average molecular weight is 410 g/mol. The molecule has 30 heavy (non-hydrogen) atoms. The van der Waals surface area contributed by atoms with Gasteiger partial charge in [-0.25, -0.2) is 4.39 Å². The fourth-order valence-electron chi connectivity index (χ4n) is 4.19. The predicted molar refractivity (Wildman–Crippen MR) is 118 cm³/mol. The number of benzene rings is 2. The van der Waals surface area contributed by atoms with E-state index >= 15 is 0 Å². The van der Waals surface area contributed by atoms with Gasteiger partial charge in [0.05, 0.1) is 17.3 Å². The maximum atomic E-state index is 14.2. The van der Waals surface area contributed by atoms with Crippen LogP contribution in [0.2, 0.25) is 0 Å². The minimum absolute atomic E-state index is 0.0194. The van der Waals surface area contributed by atoms with E-state index in [9.17, 15) is 9.18 Å². The number of amides is 1. The van der Waals surface area contributed by atoms with Crippen molar-refractivity contribution >= 4 is 22.5 Å². The van der Waals surface area contributed by atoms with Crippen LogP contribution in [-0.4, -0.2) is 52.3 Å². The lowest BCUT2D eigenvalue weighted by molar-refractivity contribution is 0.0717. The van der Waals surface area contributed by atoms with Gasteiger partial charge in [-0.2, -0.15) is 5.10 Å². The smallest absolute Gasteiger partial charge is 0.254 e. The Kier molecular flexibility index (Phi) is 5.24. The van der Waals surface area contributed by atoms with Gasteiger partial charge in [0.25, 0.3) is 5.91 Å². The normalized spacial score (nSPS) is 14.4. The van der Waals surface area contributed by atoms with E-state index in [1.54, 1.807) is 17.2 Å². The molecular formula is C23H28FN5O. The highest BCUT2D eigenvalue weighted by molar-refractivity contribution is 6.06. The lowest BCUT2D eigenvalue weighted by Gasteiger charge is -2.39. The van der Waals surface area contributed by atoms with Crippen molar-refractivity contribution in [3.8, 4) is 11.1 Å². The van der Waals surface area contributed by atoms with Crippen LogP contribution in [0.5, 0.6) is 0 Å². The fraction of sp³-hybridized carbons (Fsp3) is 0.391. The number of fused-ring (bicyclic) bond motifs is 1. The summed E-state index contributed by atoms with van der Waals surface area (Å²) in [4.78, 5) is 17.3. The molecule has 0 bridgehead atoms. The molecule has 1 aliphatic heterocycles. The SMILES string of the molecule is CCN(C(=O)c1cc(F)ccc1-c1cc(N2CC(N)C2)cc2c1cnn2C)C(C)C. The minimum atomic E-state index is -0.422. The molecule has 0 radical (unpaired) electrons. The van der Waals surface area contributed by atoms with Crippen LogP contribution in [0, 0.1) is 5.82 Å². The molecule has 0 unspecified atom stereocenters. The molecule has 2 heterocycles. The number of hydrogen-bond acceptors (Lipinski definition) is 4. The summed E-state index contributed by atoms with van der Waals surface area (Å²) in [5.74, 6) is -0.593. The lowest BCUT2D eigenvalue weighted by Crippen LogP contribution is -2.55. The summed E-state index contributed by atoms with van der Waals surface area (Å²) >= 11 is 0. The van der Waals surface area contributed by atoms with Gasteiger partial charge in [0.15, 0.2) is 0 Å². The molecule has 0 aliphatic carbocycles. The highest BCUT2D eigenvalue weighted by Gasteiger charge is 2.27. The van der Waals surface area contributed by atoms with E-state index < -0.39 is 5.82 Å². The van der Waals surface area contributed by atoms with E-state index in [2.05, 4.69) is 22.1 Å². The Morgan fingerprint density at radius 2 is 2.00 bits per heavy atom. The van der Waals surface area contributed by atoms with E-state index in [1.165, 1.54) is 12.1 Å². The third-order valence-electron chi connectivity index (χ3n) is 5.85. The first-order valence-electron chi connectivity index (χ1n) is 10.4. The standard InChI is InChI=1S/C23H28FN5O/c1-5-29(14(2)3)23(30)20-8-15(24)6-7-18(20)19-9-17(28-12-16(25)13-28)10-22-21(19)11-26-27(22)4/h6-11,14,16H,5,12-13,25H2,1-4H3. The summed E-state index contributed by atoms with van der Waals surface area (Å²) in [6, 6.07) is 8.79. The van der Waals surface area contributed by atoms with Gasteiger partial charge in [0.1, 0.15) is 5.82 Å². The van der Waals surface area contributed by atoms with Crippen LogP contribution in [0.3, 0.4) is 0 Å². The molecule has 1 fully saturated rings. The summed E-state index contributed by atoms with van der Waals surface area (Å²) in [5, 5.41) is 5.35. The average Bonchev–Trinajstić information content (AvgIpc) is 3.06. The zero-order valence-electron chi connectivity index (χ0n) is 17.9. The van der Waals surface area contributed by atoms with Crippen LogP contribution in [-0.2, 0) is 7.05 Å². The summed E-state index contributed by atoms with van der Waals surface area (Å²) in [6.45, 7) is 8.00. The quantitative estimate of drug-likeness (QED) is 0.701. The van der Waals surface area contributed by atoms with Crippen LogP contribution < -0.4 is 10.6 Å². The second-order valence-corrected chi connectivity index (χ2v) is 8.23. The number of nitrogens with zero attached hydrogens (tertiary/aromatic N) is 4. The number of carbonyl (C=O) groups is 1. The number of anilines is 1. The van der Waals surface area contributed by atoms with Crippen molar-refractivity contribution in [2.45, 2.75) is 32.9 Å². The van der Waals surface area contributed by atoms with Gasteiger partial charge in [-0.3, -0.25) is 9.48 Å². The molecule has 1 saturated heterocycles. The Labute approximate surface area is 176 Å². The van der Waals surface area contributed by atoms with Crippen LogP contribution in [0.4, 0.5) is 10.1 Å².